The molecule has 2 amide bonds. The molecule has 1 saturated carbocycles. The minimum atomic E-state index is -0.952. The highest BCUT2D eigenvalue weighted by Crippen LogP contribution is 2.26. The van der Waals surface area contributed by atoms with Crippen molar-refractivity contribution in [2.75, 3.05) is 6.54 Å². The Kier molecular flexibility index (Phi) is 3.12. The van der Waals surface area contributed by atoms with E-state index in [0.29, 0.717) is 0 Å². The lowest BCUT2D eigenvalue weighted by Crippen LogP contribution is -2.47. The van der Waals surface area contributed by atoms with E-state index in [1.165, 1.54) is 4.90 Å². The molecule has 0 heterocycles. The largest absolute Gasteiger partial charge is 0.480 e. The standard InChI is InChI=1S/C11H16N2O3/c14-10(15)7-13(9-5-6-9)11(16)12-8-3-1-2-4-8/h1-2,8-9H,3-7H2,(H,12,16)(H,14,15). The van der Waals surface area contributed by atoms with Crippen LogP contribution in [0.15, 0.2) is 12.2 Å². The first-order valence-electron chi connectivity index (χ1n) is 5.60. The van der Waals surface area contributed by atoms with Gasteiger partial charge >= 0.3 is 12.0 Å². The van der Waals surface area contributed by atoms with Gasteiger partial charge in [-0.2, -0.15) is 0 Å². The highest BCUT2D eigenvalue weighted by Gasteiger charge is 2.34. The summed E-state index contributed by atoms with van der Waals surface area (Å²) in [6.45, 7) is -0.198. The van der Waals surface area contributed by atoms with Crippen molar-refractivity contribution in [3.8, 4) is 0 Å². The number of amides is 2. The zero-order valence-electron chi connectivity index (χ0n) is 9.06. The van der Waals surface area contributed by atoms with E-state index >= 15 is 0 Å². The molecule has 0 radical (unpaired) electrons. The molecule has 2 aliphatic carbocycles. The van der Waals surface area contributed by atoms with Crippen LogP contribution in [-0.4, -0.2) is 40.6 Å². The van der Waals surface area contributed by atoms with Gasteiger partial charge in [0.05, 0.1) is 0 Å². The summed E-state index contributed by atoms with van der Waals surface area (Å²) in [4.78, 5) is 23.9. The number of hydrogen-bond donors (Lipinski definition) is 2. The summed E-state index contributed by atoms with van der Waals surface area (Å²) in [5, 5.41) is 11.6. The van der Waals surface area contributed by atoms with Crippen LogP contribution in [0.25, 0.3) is 0 Å². The first-order chi connectivity index (χ1) is 7.66. The molecule has 0 aliphatic heterocycles. The van der Waals surface area contributed by atoms with Gasteiger partial charge < -0.3 is 15.3 Å². The van der Waals surface area contributed by atoms with Crippen LogP contribution in [0.4, 0.5) is 4.79 Å². The number of rotatable bonds is 4. The van der Waals surface area contributed by atoms with E-state index in [1.54, 1.807) is 0 Å². The lowest BCUT2D eigenvalue weighted by atomic mass is 10.2. The molecule has 0 unspecified atom stereocenters. The van der Waals surface area contributed by atoms with Gasteiger partial charge in [-0.3, -0.25) is 4.79 Å². The third-order valence-corrected chi connectivity index (χ3v) is 2.89. The first kappa shape index (κ1) is 11.0. The number of carboxylic acids is 1. The fourth-order valence-corrected chi connectivity index (χ4v) is 1.89. The maximum absolute atomic E-state index is 11.8. The highest BCUT2D eigenvalue weighted by molar-refractivity contribution is 5.81. The van der Waals surface area contributed by atoms with Gasteiger partial charge in [-0.25, -0.2) is 4.79 Å². The van der Waals surface area contributed by atoms with Crippen molar-refractivity contribution in [1.29, 1.82) is 0 Å². The lowest BCUT2D eigenvalue weighted by molar-refractivity contribution is -0.137. The molecule has 1 fully saturated rings. The monoisotopic (exact) mass is 224 g/mol. The van der Waals surface area contributed by atoms with Gasteiger partial charge in [-0.05, 0) is 25.7 Å². The van der Waals surface area contributed by atoms with Crippen molar-refractivity contribution >= 4 is 12.0 Å². The molecule has 0 aromatic carbocycles. The number of carbonyl (C=O) groups excluding carboxylic acids is 1. The molecule has 0 aromatic rings. The Bertz CT molecular complexity index is 315. The number of carboxylic acid groups (broad SMARTS) is 1. The quantitative estimate of drug-likeness (QED) is 0.699. The van der Waals surface area contributed by atoms with Gasteiger partial charge in [-0.15, -0.1) is 0 Å². The SMILES string of the molecule is O=C(O)CN(C(=O)NC1CC=CC1)C1CC1. The molecular formula is C11H16N2O3. The summed E-state index contributed by atoms with van der Waals surface area (Å²) >= 11 is 0. The Labute approximate surface area is 94.1 Å². The third kappa shape index (κ3) is 2.74. The molecule has 16 heavy (non-hydrogen) atoms. The first-order valence-corrected chi connectivity index (χ1v) is 5.60. The average molecular weight is 224 g/mol. The number of hydrogen-bond acceptors (Lipinski definition) is 2. The van der Waals surface area contributed by atoms with Crippen molar-refractivity contribution in [1.82, 2.24) is 10.2 Å². The van der Waals surface area contributed by atoms with Crippen LogP contribution in [-0.2, 0) is 4.79 Å². The van der Waals surface area contributed by atoms with Crippen LogP contribution in [0.5, 0.6) is 0 Å². The van der Waals surface area contributed by atoms with Gasteiger partial charge in [0.1, 0.15) is 6.54 Å². The predicted molar refractivity (Wildman–Crippen MR) is 58.1 cm³/mol. The number of urea groups is 1. The maximum atomic E-state index is 11.8. The summed E-state index contributed by atoms with van der Waals surface area (Å²) in [6.07, 6.45) is 7.59. The van der Waals surface area contributed by atoms with E-state index in [9.17, 15) is 9.59 Å². The molecule has 5 nitrogen and oxygen atoms in total. The van der Waals surface area contributed by atoms with Crippen LogP contribution in [0.3, 0.4) is 0 Å². The molecule has 5 heteroatoms. The van der Waals surface area contributed by atoms with E-state index in [4.69, 9.17) is 5.11 Å². The molecule has 0 bridgehead atoms. The lowest BCUT2D eigenvalue weighted by Gasteiger charge is -2.23. The summed E-state index contributed by atoms with van der Waals surface area (Å²) in [7, 11) is 0. The van der Waals surface area contributed by atoms with Crippen molar-refractivity contribution in [3.63, 3.8) is 0 Å². The maximum Gasteiger partial charge on any atom is 0.323 e. The van der Waals surface area contributed by atoms with E-state index in [-0.39, 0.29) is 24.7 Å². The topological polar surface area (TPSA) is 69.6 Å². The molecule has 2 aliphatic rings. The average Bonchev–Trinajstić information content (AvgIpc) is 2.94. The highest BCUT2D eigenvalue weighted by atomic mass is 16.4. The van der Waals surface area contributed by atoms with Crippen LogP contribution in [0.2, 0.25) is 0 Å². The molecule has 2 rings (SSSR count). The third-order valence-electron chi connectivity index (χ3n) is 2.89. The molecule has 0 saturated heterocycles. The van der Waals surface area contributed by atoms with Gasteiger partial charge in [-0.1, -0.05) is 12.2 Å². The minimum Gasteiger partial charge on any atom is -0.480 e. The summed E-state index contributed by atoms with van der Waals surface area (Å²) < 4.78 is 0. The fourth-order valence-electron chi connectivity index (χ4n) is 1.89. The smallest absolute Gasteiger partial charge is 0.323 e. The Hall–Kier alpha value is -1.52. The van der Waals surface area contributed by atoms with Crippen LogP contribution < -0.4 is 5.32 Å². The fraction of sp³-hybridized carbons (Fsp3) is 0.636. The Morgan fingerprint density at radius 1 is 1.31 bits per heavy atom. The van der Waals surface area contributed by atoms with Crippen molar-refractivity contribution in [2.45, 2.75) is 37.8 Å². The van der Waals surface area contributed by atoms with Crippen LogP contribution >= 0.6 is 0 Å². The van der Waals surface area contributed by atoms with Crippen LogP contribution in [0.1, 0.15) is 25.7 Å². The zero-order valence-corrected chi connectivity index (χ0v) is 9.06. The van der Waals surface area contributed by atoms with Gasteiger partial charge in [0.15, 0.2) is 0 Å². The summed E-state index contributed by atoms with van der Waals surface area (Å²) in [5.41, 5.74) is 0. The van der Waals surface area contributed by atoms with E-state index < -0.39 is 5.97 Å². The number of aliphatic carboxylic acids is 1. The van der Waals surface area contributed by atoms with Gasteiger partial charge in [0.2, 0.25) is 0 Å². The second kappa shape index (κ2) is 4.55. The molecule has 0 atom stereocenters. The van der Waals surface area contributed by atoms with Crippen molar-refractivity contribution < 1.29 is 14.7 Å². The molecule has 0 spiro atoms. The molecule has 2 N–H and O–H groups in total. The Morgan fingerprint density at radius 3 is 2.44 bits per heavy atom. The second-order valence-electron chi connectivity index (χ2n) is 4.34. The van der Waals surface area contributed by atoms with Gasteiger partial charge in [0.25, 0.3) is 0 Å². The van der Waals surface area contributed by atoms with Crippen LogP contribution in [0, 0.1) is 0 Å². The molecule has 0 aromatic heterocycles. The number of nitrogens with one attached hydrogen (secondary N) is 1. The number of carbonyl (C=O) groups is 2. The summed E-state index contributed by atoms with van der Waals surface area (Å²) in [6, 6.07) is 0.0339. The molecule has 88 valence electrons. The zero-order chi connectivity index (χ0) is 11.5. The minimum absolute atomic E-state index is 0.130. The predicted octanol–water partition coefficient (Wildman–Crippen LogP) is 0.964. The van der Waals surface area contributed by atoms with Crippen molar-refractivity contribution in [2.24, 2.45) is 0 Å². The van der Waals surface area contributed by atoms with Crippen molar-refractivity contribution in [3.05, 3.63) is 12.2 Å². The Morgan fingerprint density at radius 2 is 1.94 bits per heavy atom. The number of nitrogens with zero attached hydrogens (tertiary/aromatic N) is 1. The summed E-state index contributed by atoms with van der Waals surface area (Å²) in [5.74, 6) is -0.952. The second-order valence-corrected chi connectivity index (χ2v) is 4.34. The Balaban J connectivity index is 1.86. The van der Waals surface area contributed by atoms with Gasteiger partial charge in [0, 0.05) is 12.1 Å². The van der Waals surface area contributed by atoms with E-state index in [0.717, 1.165) is 25.7 Å². The normalized spacial score (nSPS) is 19.8. The van der Waals surface area contributed by atoms with E-state index in [1.807, 2.05) is 12.2 Å². The molecular weight excluding hydrogens is 208 g/mol. The van der Waals surface area contributed by atoms with E-state index in [2.05, 4.69) is 5.32 Å².